The van der Waals surface area contributed by atoms with Gasteiger partial charge < -0.3 is 0 Å². The SMILES string of the molecule is CSc1ccc(C(=O)Nc2nc(C3CC3)cs2)cc1. The summed E-state index contributed by atoms with van der Waals surface area (Å²) >= 11 is 3.17. The van der Waals surface area contributed by atoms with Crippen LogP contribution < -0.4 is 5.32 Å². The van der Waals surface area contributed by atoms with Gasteiger partial charge in [0.2, 0.25) is 0 Å². The first-order valence-corrected chi connectivity index (χ1v) is 8.27. The molecule has 1 N–H and O–H groups in total. The molecule has 0 atom stereocenters. The number of anilines is 1. The lowest BCUT2D eigenvalue weighted by Crippen LogP contribution is -2.11. The van der Waals surface area contributed by atoms with Crippen molar-refractivity contribution in [2.45, 2.75) is 23.7 Å². The first kappa shape index (κ1) is 12.7. The number of hydrogen-bond donors (Lipinski definition) is 1. The number of thiazole rings is 1. The molecule has 1 aliphatic carbocycles. The van der Waals surface area contributed by atoms with Crippen LogP contribution in [0.4, 0.5) is 5.13 Å². The van der Waals surface area contributed by atoms with E-state index in [4.69, 9.17) is 0 Å². The van der Waals surface area contributed by atoms with Crippen LogP contribution in [0.3, 0.4) is 0 Å². The number of nitrogens with one attached hydrogen (secondary N) is 1. The van der Waals surface area contributed by atoms with Crippen LogP contribution in [0, 0.1) is 0 Å². The second kappa shape index (κ2) is 5.35. The van der Waals surface area contributed by atoms with E-state index >= 15 is 0 Å². The molecule has 0 saturated heterocycles. The third kappa shape index (κ3) is 2.98. The Hall–Kier alpha value is -1.33. The van der Waals surface area contributed by atoms with Crippen LogP contribution in [0.15, 0.2) is 34.5 Å². The first-order chi connectivity index (χ1) is 9.26. The van der Waals surface area contributed by atoms with Crippen LogP contribution in [0.5, 0.6) is 0 Å². The number of nitrogens with zero attached hydrogens (tertiary/aromatic N) is 1. The Morgan fingerprint density at radius 2 is 2.11 bits per heavy atom. The number of aromatic nitrogens is 1. The van der Waals surface area contributed by atoms with Gasteiger partial charge in [0.1, 0.15) is 0 Å². The largest absolute Gasteiger partial charge is 0.298 e. The van der Waals surface area contributed by atoms with Gasteiger partial charge in [0.05, 0.1) is 5.69 Å². The smallest absolute Gasteiger partial charge is 0.257 e. The van der Waals surface area contributed by atoms with Gasteiger partial charge in [-0.15, -0.1) is 23.1 Å². The molecule has 1 saturated carbocycles. The minimum Gasteiger partial charge on any atom is -0.298 e. The van der Waals surface area contributed by atoms with Crippen molar-refractivity contribution in [2.75, 3.05) is 11.6 Å². The van der Waals surface area contributed by atoms with E-state index in [0.29, 0.717) is 16.6 Å². The van der Waals surface area contributed by atoms with Crippen molar-refractivity contribution >= 4 is 34.1 Å². The molecule has 1 aromatic heterocycles. The van der Waals surface area contributed by atoms with Gasteiger partial charge in [-0.25, -0.2) is 4.98 Å². The molecular weight excluding hydrogens is 276 g/mol. The van der Waals surface area contributed by atoms with Crippen molar-refractivity contribution in [3.63, 3.8) is 0 Å². The van der Waals surface area contributed by atoms with Gasteiger partial charge in [-0.3, -0.25) is 10.1 Å². The van der Waals surface area contributed by atoms with Crippen LogP contribution in [-0.2, 0) is 0 Å². The Bertz CT molecular complexity index is 588. The predicted molar refractivity (Wildman–Crippen MR) is 80.3 cm³/mol. The normalized spacial score (nSPS) is 14.4. The maximum atomic E-state index is 12.1. The van der Waals surface area contributed by atoms with Crippen LogP contribution in [-0.4, -0.2) is 17.1 Å². The molecule has 98 valence electrons. The minimum absolute atomic E-state index is 0.0932. The average Bonchev–Trinajstić information content (AvgIpc) is 3.20. The molecule has 0 aliphatic heterocycles. The van der Waals surface area contributed by atoms with Crippen molar-refractivity contribution in [2.24, 2.45) is 0 Å². The molecule has 3 rings (SSSR count). The van der Waals surface area contributed by atoms with E-state index in [1.165, 1.54) is 24.2 Å². The molecule has 19 heavy (non-hydrogen) atoms. The summed E-state index contributed by atoms with van der Waals surface area (Å²) in [4.78, 5) is 17.7. The summed E-state index contributed by atoms with van der Waals surface area (Å²) in [5, 5.41) is 5.60. The number of carbonyl (C=O) groups is 1. The molecule has 0 bridgehead atoms. The highest BCUT2D eigenvalue weighted by atomic mass is 32.2. The number of thioether (sulfide) groups is 1. The number of benzene rings is 1. The Labute approximate surface area is 120 Å². The molecule has 1 aromatic carbocycles. The third-order valence-corrected chi connectivity index (χ3v) is 4.61. The molecule has 1 aliphatic rings. The van der Waals surface area contributed by atoms with Crippen LogP contribution in [0.2, 0.25) is 0 Å². The zero-order valence-corrected chi connectivity index (χ0v) is 12.2. The summed E-state index contributed by atoms with van der Waals surface area (Å²) in [6.45, 7) is 0. The van der Waals surface area contributed by atoms with Crippen molar-refractivity contribution in [3.05, 3.63) is 40.9 Å². The fourth-order valence-electron chi connectivity index (χ4n) is 1.82. The second-order valence-corrected chi connectivity index (χ2v) is 6.27. The molecule has 2 aromatic rings. The summed E-state index contributed by atoms with van der Waals surface area (Å²) in [6, 6.07) is 7.60. The summed E-state index contributed by atoms with van der Waals surface area (Å²) < 4.78 is 0. The lowest BCUT2D eigenvalue weighted by Gasteiger charge is -2.02. The van der Waals surface area contributed by atoms with Gasteiger partial charge >= 0.3 is 0 Å². The van der Waals surface area contributed by atoms with Crippen molar-refractivity contribution in [3.8, 4) is 0 Å². The van der Waals surface area contributed by atoms with Gasteiger partial charge in [0, 0.05) is 21.8 Å². The molecule has 1 amide bonds. The highest BCUT2D eigenvalue weighted by Crippen LogP contribution is 2.40. The van der Waals surface area contributed by atoms with Crippen molar-refractivity contribution < 1.29 is 4.79 Å². The first-order valence-electron chi connectivity index (χ1n) is 6.17. The van der Waals surface area contributed by atoms with Gasteiger partial charge in [0.15, 0.2) is 5.13 Å². The monoisotopic (exact) mass is 290 g/mol. The van der Waals surface area contributed by atoms with Crippen LogP contribution in [0.1, 0.15) is 34.8 Å². The summed E-state index contributed by atoms with van der Waals surface area (Å²) in [5.74, 6) is 0.534. The Kier molecular flexibility index (Phi) is 3.57. The standard InChI is InChI=1S/C14H14N2OS2/c1-18-11-6-4-10(5-7-11)13(17)16-14-15-12(8-19-14)9-2-3-9/h4-9H,2-3H2,1H3,(H,15,16,17). The molecule has 1 heterocycles. The fraction of sp³-hybridized carbons (Fsp3) is 0.286. The summed E-state index contributed by atoms with van der Waals surface area (Å²) in [7, 11) is 0. The minimum atomic E-state index is -0.0932. The van der Waals surface area contributed by atoms with E-state index < -0.39 is 0 Å². The lowest BCUT2D eigenvalue weighted by molar-refractivity contribution is 0.102. The lowest BCUT2D eigenvalue weighted by atomic mass is 10.2. The van der Waals surface area contributed by atoms with Crippen molar-refractivity contribution in [1.82, 2.24) is 4.98 Å². The molecule has 0 unspecified atom stereocenters. The zero-order valence-electron chi connectivity index (χ0n) is 10.6. The Morgan fingerprint density at radius 1 is 1.37 bits per heavy atom. The van der Waals surface area contributed by atoms with Crippen LogP contribution >= 0.6 is 23.1 Å². The molecule has 5 heteroatoms. The van der Waals surface area contributed by atoms with Gasteiger partial charge in [0.25, 0.3) is 5.91 Å². The van der Waals surface area contributed by atoms with Gasteiger partial charge in [-0.1, -0.05) is 0 Å². The van der Waals surface area contributed by atoms with E-state index in [2.05, 4.69) is 10.3 Å². The molecule has 0 radical (unpaired) electrons. The Balaban J connectivity index is 1.68. The highest BCUT2D eigenvalue weighted by molar-refractivity contribution is 7.98. The molecule has 0 spiro atoms. The van der Waals surface area contributed by atoms with Gasteiger partial charge in [-0.2, -0.15) is 0 Å². The van der Waals surface area contributed by atoms with Crippen LogP contribution in [0.25, 0.3) is 0 Å². The van der Waals surface area contributed by atoms with E-state index in [1.54, 1.807) is 11.8 Å². The number of hydrogen-bond acceptors (Lipinski definition) is 4. The number of carbonyl (C=O) groups excluding carboxylic acids is 1. The maximum absolute atomic E-state index is 12.1. The van der Waals surface area contributed by atoms with E-state index in [9.17, 15) is 4.79 Å². The summed E-state index contributed by atoms with van der Waals surface area (Å²) in [5.41, 5.74) is 1.79. The topological polar surface area (TPSA) is 42.0 Å². The Morgan fingerprint density at radius 3 is 2.74 bits per heavy atom. The number of amides is 1. The summed E-state index contributed by atoms with van der Waals surface area (Å²) in [6.07, 6.45) is 4.48. The predicted octanol–water partition coefficient (Wildman–Crippen LogP) is 3.99. The van der Waals surface area contributed by atoms with E-state index in [-0.39, 0.29) is 5.91 Å². The fourth-order valence-corrected chi connectivity index (χ4v) is 3.02. The average molecular weight is 290 g/mol. The highest BCUT2D eigenvalue weighted by Gasteiger charge is 2.26. The van der Waals surface area contributed by atoms with Gasteiger partial charge in [-0.05, 0) is 43.4 Å². The molecular formula is C14H14N2OS2. The quantitative estimate of drug-likeness (QED) is 0.866. The van der Waals surface area contributed by atoms with E-state index in [0.717, 1.165) is 10.6 Å². The van der Waals surface area contributed by atoms with E-state index in [1.807, 2.05) is 35.9 Å². The number of rotatable bonds is 4. The third-order valence-electron chi connectivity index (χ3n) is 3.09. The second-order valence-electron chi connectivity index (χ2n) is 4.53. The van der Waals surface area contributed by atoms with Crippen molar-refractivity contribution in [1.29, 1.82) is 0 Å². The maximum Gasteiger partial charge on any atom is 0.257 e. The molecule has 3 nitrogen and oxygen atoms in total. The zero-order chi connectivity index (χ0) is 13.2. The molecule has 1 fully saturated rings.